The van der Waals surface area contributed by atoms with Gasteiger partial charge in [-0.2, -0.15) is 0 Å². The molecule has 1 atom stereocenters. The summed E-state index contributed by atoms with van der Waals surface area (Å²) in [5, 5.41) is 9.82. The first-order valence-corrected chi connectivity index (χ1v) is 5.80. The first kappa shape index (κ1) is 12.8. The van der Waals surface area contributed by atoms with Gasteiger partial charge in [-0.1, -0.05) is 31.2 Å². The van der Waals surface area contributed by atoms with E-state index in [1.165, 1.54) is 0 Å². The molecule has 0 aromatic heterocycles. The van der Waals surface area contributed by atoms with Crippen molar-refractivity contribution in [1.82, 2.24) is 0 Å². The third kappa shape index (κ3) is 3.70. The predicted molar refractivity (Wildman–Crippen MR) is 66.6 cm³/mol. The van der Waals surface area contributed by atoms with Crippen molar-refractivity contribution < 1.29 is 9.84 Å². The Hall–Kier alpha value is -1.28. The minimum absolute atomic E-state index is 0.435. The van der Waals surface area contributed by atoms with Gasteiger partial charge in [0.15, 0.2) is 0 Å². The summed E-state index contributed by atoms with van der Waals surface area (Å²) in [6, 6.07) is 7.67. The van der Waals surface area contributed by atoms with Gasteiger partial charge in [0, 0.05) is 5.56 Å². The Morgan fingerprint density at radius 2 is 2.19 bits per heavy atom. The quantitative estimate of drug-likeness (QED) is 0.563. The van der Waals surface area contributed by atoms with Crippen LogP contribution in [0, 0.1) is 0 Å². The third-order valence-electron chi connectivity index (χ3n) is 2.47. The molecule has 1 rings (SSSR count). The van der Waals surface area contributed by atoms with Crippen LogP contribution in [0.3, 0.4) is 0 Å². The highest BCUT2D eigenvalue weighted by Crippen LogP contribution is 2.26. The van der Waals surface area contributed by atoms with Crippen molar-refractivity contribution in [2.75, 3.05) is 6.61 Å². The lowest BCUT2D eigenvalue weighted by molar-refractivity contribution is 0.167. The second-order valence-corrected chi connectivity index (χ2v) is 3.74. The molecule has 1 aromatic rings. The number of ether oxygens (including phenoxy) is 1. The molecule has 0 heterocycles. The third-order valence-corrected chi connectivity index (χ3v) is 2.47. The zero-order valence-corrected chi connectivity index (χ0v) is 9.86. The lowest BCUT2D eigenvalue weighted by Gasteiger charge is -2.14. The van der Waals surface area contributed by atoms with Crippen molar-refractivity contribution in [2.24, 2.45) is 0 Å². The predicted octanol–water partition coefficient (Wildman–Crippen LogP) is 3.48. The molecule has 2 nitrogen and oxygen atoms in total. The summed E-state index contributed by atoms with van der Waals surface area (Å²) in [6.45, 7) is 6.29. The molecule has 88 valence electrons. The number of para-hydroxylation sites is 1. The molecule has 0 saturated heterocycles. The molecule has 0 bridgehead atoms. The summed E-state index contributed by atoms with van der Waals surface area (Å²) in [7, 11) is 0. The topological polar surface area (TPSA) is 29.5 Å². The first-order valence-electron chi connectivity index (χ1n) is 5.80. The van der Waals surface area contributed by atoms with E-state index < -0.39 is 6.10 Å². The summed E-state index contributed by atoms with van der Waals surface area (Å²) >= 11 is 0. The zero-order valence-electron chi connectivity index (χ0n) is 9.86. The van der Waals surface area contributed by atoms with Crippen LogP contribution in [0.25, 0.3) is 0 Å². The van der Waals surface area contributed by atoms with Gasteiger partial charge < -0.3 is 9.84 Å². The number of unbranched alkanes of at least 4 members (excludes halogenated alkanes) is 1. The molecule has 0 aliphatic rings. The van der Waals surface area contributed by atoms with E-state index in [9.17, 15) is 5.11 Å². The summed E-state index contributed by atoms with van der Waals surface area (Å²) in [5.74, 6) is 0.793. The van der Waals surface area contributed by atoms with Crippen LogP contribution >= 0.6 is 0 Å². The molecule has 0 spiro atoms. The van der Waals surface area contributed by atoms with E-state index in [1.54, 1.807) is 0 Å². The second kappa shape index (κ2) is 7.07. The average Bonchev–Trinajstić information content (AvgIpc) is 2.34. The maximum absolute atomic E-state index is 9.82. The Labute approximate surface area is 97.6 Å². The van der Waals surface area contributed by atoms with Crippen molar-refractivity contribution in [3.63, 3.8) is 0 Å². The van der Waals surface area contributed by atoms with Gasteiger partial charge in [0.25, 0.3) is 0 Å². The Bertz CT molecular complexity index is 320. The van der Waals surface area contributed by atoms with E-state index >= 15 is 0 Å². The van der Waals surface area contributed by atoms with Gasteiger partial charge in [-0.25, -0.2) is 0 Å². The number of hydrogen-bond acceptors (Lipinski definition) is 2. The van der Waals surface area contributed by atoms with Gasteiger partial charge >= 0.3 is 0 Å². The fourth-order valence-corrected chi connectivity index (χ4v) is 1.52. The molecule has 0 fully saturated rings. The maximum atomic E-state index is 9.82. The SMILES string of the molecule is C=CCCCOc1ccccc1[C@@H](O)CC. The summed E-state index contributed by atoms with van der Waals surface area (Å²) < 4.78 is 5.65. The molecule has 0 radical (unpaired) electrons. The summed E-state index contributed by atoms with van der Waals surface area (Å²) in [4.78, 5) is 0. The van der Waals surface area contributed by atoms with Crippen LogP contribution in [0.15, 0.2) is 36.9 Å². The molecule has 1 N–H and O–H groups in total. The van der Waals surface area contributed by atoms with Crippen molar-refractivity contribution in [3.05, 3.63) is 42.5 Å². The minimum Gasteiger partial charge on any atom is -0.493 e. The molecule has 16 heavy (non-hydrogen) atoms. The van der Waals surface area contributed by atoms with Crippen molar-refractivity contribution in [3.8, 4) is 5.75 Å². The largest absolute Gasteiger partial charge is 0.493 e. The van der Waals surface area contributed by atoms with Gasteiger partial charge in [0.2, 0.25) is 0 Å². The average molecular weight is 220 g/mol. The highest BCUT2D eigenvalue weighted by Gasteiger charge is 2.10. The molecule has 0 unspecified atom stereocenters. The van der Waals surface area contributed by atoms with E-state index in [1.807, 2.05) is 37.3 Å². The first-order chi connectivity index (χ1) is 7.79. The molecule has 1 aromatic carbocycles. The summed E-state index contributed by atoms with van der Waals surface area (Å²) in [6.07, 6.45) is 4.07. The van der Waals surface area contributed by atoms with Crippen LogP contribution in [0.2, 0.25) is 0 Å². The van der Waals surface area contributed by atoms with Crippen molar-refractivity contribution in [1.29, 1.82) is 0 Å². The van der Waals surface area contributed by atoms with E-state index in [2.05, 4.69) is 6.58 Å². The molecular weight excluding hydrogens is 200 g/mol. The monoisotopic (exact) mass is 220 g/mol. The molecular formula is C14H20O2. The van der Waals surface area contributed by atoms with E-state index in [0.29, 0.717) is 13.0 Å². The van der Waals surface area contributed by atoms with Crippen molar-refractivity contribution >= 4 is 0 Å². The van der Waals surface area contributed by atoms with Crippen LogP contribution in [0.5, 0.6) is 5.75 Å². The number of benzene rings is 1. The second-order valence-electron chi connectivity index (χ2n) is 3.74. The van der Waals surface area contributed by atoms with E-state index in [0.717, 1.165) is 24.2 Å². The Morgan fingerprint density at radius 3 is 2.88 bits per heavy atom. The summed E-state index contributed by atoms with van der Waals surface area (Å²) in [5.41, 5.74) is 0.878. The Balaban J connectivity index is 2.60. The van der Waals surface area contributed by atoms with Crippen LogP contribution in [-0.2, 0) is 0 Å². The molecule has 0 aliphatic carbocycles. The molecule has 0 amide bonds. The van der Waals surface area contributed by atoms with Crippen LogP contribution in [-0.4, -0.2) is 11.7 Å². The van der Waals surface area contributed by atoms with Gasteiger partial charge in [-0.15, -0.1) is 6.58 Å². The minimum atomic E-state index is -0.435. The number of rotatable bonds is 7. The maximum Gasteiger partial charge on any atom is 0.125 e. The van der Waals surface area contributed by atoms with E-state index in [-0.39, 0.29) is 0 Å². The lowest BCUT2D eigenvalue weighted by Crippen LogP contribution is -2.03. The Kier molecular flexibility index (Phi) is 5.65. The molecule has 0 aliphatic heterocycles. The number of aliphatic hydroxyl groups excluding tert-OH is 1. The van der Waals surface area contributed by atoms with Crippen molar-refractivity contribution in [2.45, 2.75) is 32.3 Å². The number of allylic oxidation sites excluding steroid dienone is 1. The molecule has 2 heteroatoms. The van der Waals surface area contributed by atoms with Gasteiger partial charge in [0.1, 0.15) is 5.75 Å². The van der Waals surface area contributed by atoms with Crippen LogP contribution in [0.1, 0.15) is 37.9 Å². The van der Waals surface area contributed by atoms with Crippen LogP contribution < -0.4 is 4.74 Å². The zero-order chi connectivity index (χ0) is 11.8. The highest BCUT2D eigenvalue weighted by molar-refractivity contribution is 5.34. The van der Waals surface area contributed by atoms with Crippen LogP contribution in [0.4, 0.5) is 0 Å². The van der Waals surface area contributed by atoms with Gasteiger partial charge in [0.05, 0.1) is 12.7 Å². The van der Waals surface area contributed by atoms with Gasteiger partial charge in [-0.3, -0.25) is 0 Å². The lowest BCUT2D eigenvalue weighted by atomic mass is 10.1. The Morgan fingerprint density at radius 1 is 1.44 bits per heavy atom. The standard InChI is InChI=1S/C14H20O2/c1-3-5-8-11-16-14-10-7-6-9-12(14)13(15)4-2/h3,6-7,9-10,13,15H,1,4-5,8,11H2,2H3/t13-/m0/s1. The fraction of sp³-hybridized carbons (Fsp3) is 0.429. The highest BCUT2D eigenvalue weighted by atomic mass is 16.5. The van der Waals surface area contributed by atoms with Gasteiger partial charge in [-0.05, 0) is 25.3 Å². The normalized spacial score (nSPS) is 12.1. The fourth-order valence-electron chi connectivity index (χ4n) is 1.52. The molecule has 0 saturated carbocycles. The number of aliphatic hydroxyl groups is 1. The van der Waals surface area contributed by atoms with E-state index in [4.69, 9.17) is 4.74 Å². The number of hydrogen-bond donors (Lipinski definition) is 1. The smallest absolute Gasteiger partial charge is 0.125 e.